The van der Waals surface area contributed by atoms with Gasteiger partial charge in [0.15, 0.2) is 0 Å². The van der Waals surface area contributed by atoms with Gasteiger partial charge in [-0.15, -0.1) is 0 Å². The first-order valence-corrected chi connectivity index (χ1v) is 4.24. The standard InChI is InChI=1S/C9H18/c1-4-9-6-7(2)5-8(9)3/h7-9H,4-6H2,1-3H3/t7-,8?,9?/m1/s1. The van der Waals surface area contributed by atoms with E-state index in [-0.39, 0.29) is 0 Å². The number of hydrogen-bond donors (Lipinski definition) is 0. The van der Waals surface area contributed by atoms with Crippen LogP contribution >= 0.6 is 0 Å². The van der Waals surface area contributed by atoms with Crippen molar-refractivity contribution in [2.45, 2.75) is 40.0 Å². The largest absolute Gasteiger partial charge is 0.0651 e. The molecule has 9 heavy (non-hydrogen) atoms. The molecule has 0 radical (unpaired) electrons. The molecule has 1 aliphatic rings. The van der Waals surface area contributed by atoms with Crippen LogP contribution in [0.5, 0.6) is 0 Å². The van der Waals surface area contributed by atoms with Crippen LogP contribution in [0.15, 0.2) is 0 Å². The molecule has 0 heteroatoms. The summed E-state index contributed by atoms with van der Waals surface area (Å²) in [5.74, 6) is 3.05. The van der Waals surface area contributed by atoms with Crippen molar-refractivity contribution in [2.75, 3.05) is 0 Å². The quantitative estimate of drug-likeness (QED) is 0.506. The highest BCUT2D eigenvalue weighted by atomic mass is 14.3. The molecule has 0 nitrogen and oxygen atoms in total. The van der Waals surface area contributed by atoms with Gasteiger partial charge in [0.25, 0.3) is 0 Å². The van der Waals surface area contributed by atoms with Crippen LogP contribution in [0.4, 0.5) is 0 Å². The Hall–Kier alpha value is 0. The maximum absolute atomic E-state index is 2.40. The molecule has 0 spiro atoms. The van der Waals surface area contributed by atoms with Gasteiger partial charge >= 0.3 is 0 Å². The summed E-state index contributed by atoms with van der Waals surface area (Å²) in [4.78, 5) is 0. The van der Waals surface area contributed by atoms with Crippen molar-refractivity contribution in [3.8, 4) is 0 Å². The molecule has 1 aliphatic carbocycles. The Bertz CT molecular complexity index is 86.0. The van der Waals surface area contributed by atoms with Crippen molar-refractivity contribution >= 4 is 0 Å². The smallest absolute Gasteiger partial charge is 0.0388 e. The minimum Gasteiger partial charge on any atom is -0.0651 e. The van der Waals surface area contributed by atoms with Gasteiger partial charge in [-0.2, -0.15) is 0 Å². The Morgan fingerprint density at radius 3 is 2.11 bits per heavy atom. The van der Waals surface area contributed by atoms with Crippen LogP contribution < -0.4 is 0 Å². The van der Waals surface area contributed by atoms with Crippen LogP contribution in [0.2, 0.25) is 0 Å². The topological polar surface area (TPSA) is 0 Å². The van der Waals surface area contributed by atoms with E-state index >= 15 is 0 Å². The minimum atomic E-state index is 1.00. The third kappa shape index (κ3) is 1.47. The number of hydrogen-bond acceptors (Lipinski definition) is 0. The monoisotopic (exact) mass is 126 g/mol. The van der Waals surface area contributed by atoms with Gasteiger partial charge in [0.05, 0.1) is 0 Å². The van der Waals surface area contributed by atoms with E-state index in [0.29, 0.717) is 0 Å². The van der Waals surface area contributed by atoms with E-state index < -0.39 is 0 Å². The van der Waals surface area contributed by atoms with Crippen LogP contribution in [0.3, 0.4) is 0 Å². The SMILES string of the molecule is CCC1C[C@H](C)CC1C. The zero-order valence-corrected chi connectivity index (χ0v) is 6.85. The molecule has 2 unspecified atom stereocenters. The molecule has 1 fully saturated rings. The number of rotatable bonds is 1. The maximum Gasteiger partial charge on any atom is -0.0388 e. The summed E-state index contributed by atoms with van der Waals surface area (Å²) in [6.07, 6.45) is 4.35. The van der Waals surface area contributed by atoms with Gasteiger partial charge in [0.1, 0.15) is 0 Å². The average molecular weight is 126 g/mol. The van der Waals surface area contributed by atoms with Crippen molar-refractivity contribution in [2.24, 2.45) is 17.8 Å². The van der Waals surface area contributed by atoms with E-state index in [2.05, 4.69) is 20.8 Å². The molecule has 1 saturated carbocycles. The van der Waals surface area contributed by atoms with Gasteiger partial charge < -0.3 is 0 Å². The van der Waals surface area contributed by atoms with E-state index in [1.54, 1.807) is 0 Å². The fourth-order valence-corrected chi connectivity index (χ4v) is 2.24. The summed E-state index contributed by atoms with van der Waals surface area (Å²) < 4.78 is 0. The van der Waals surface area contributed by atoms with E-state index in [1.165, 1.54) is 19.3 Å². The normalized spacial score (nSPS) is 43.7. The molecular formula is C9H18. The second-order valence-corrected chi connectivity index (χ2v) is 3.72. The highest BCUT2D eigenvalue weighted by Gasteiger charge is 2.26. The maximum atomic E-state index is 2.40. The van der Waals surface area contributed by atoms with E-state index in [0.717, 1.165) is 17.8 Å². The van der Waals surface area contributed by atoms with Crippen LogP contribution in [0, 0.1) is 17.8 Å². The molecular weight excluding hydrogens is 108 g/mol. The summed E-state index contributed by atoms with van der Waals surface area (Å²) in [7, 11) is 0. The van der Waals surface area contributed by atoms with Gasteiger partial charge in [-0.25, -0.2) is 0 Å². The lowest BCUT2D eigenvalue weighted by Crippen LogP contribution is -2.00. The molecule has 3 atom stereocenters. The van der Waals surface area contributed by atoms with E-state index in [1.807, 2.05) is 0 Å². The summed E-state index contributed by atoms with van der Waals surface area (Å²) in [5.41, 5.74) is 0. The predicted octanol–water partition coefficient (Wildman–Crippen LogP) is 3.08. The summed E-state index contributed by atoms with van der Waals surface area (Å²) >= 11 is 0. The fraction of sp³-hybridized carbons (Fsp3) is 1.00. The molecule has 0 bridgehead atoms. The Labute approximate surface area is 58.7 Å². The zero-order valence-electron chi connectivity index (χ0n) is 6.85. The second kappa shape index (κ2) is 2.72. The van der Waals surface area contributed by atoms with E-state index in [4.69, 9.17) is 0 Å². The second-order valence-electron chi connectivity index (χ2n) is 3.72. The van der Waals surface area contributed by atoms with E-state index in [9.17, 15) is 0 Å². The Balaban J connectivity index is 2.38. The van der Waals surface area contributed by atoms with Crippen LogP contribution in [0.1, 0.15) is 40.0 Å². The van der Waals surface area contributed by atoms with Crippen molar-refractivity contribution in [3.05, 3.63) is 0 Å². The summed E-state index contributed by atoms with van der Waals surface area (Å²) in [5, 5.41) is 0. The fourth-order valence-electron chi connectivity index (χ4n) is 2.24. The molecule has 0 amide bonds. The molecule has 54 valence electrons. The first-order valence-electron chi connectivity index (χ1n) is 4.24. The predicted molar refractivity (Wildman–Crippen MR) is 41.3 cm³/mol. The Kier molecular flexibility index (Phi) is 2.15. The molecule has 0 saturated heterocycles. The first kappa shape index (κ1) is 7.11. The minimum absolute atomic E-state index is 1.00. The van der Waals surface area contributed by atoms with Gasteiger partial charge in [-0.05, 0) is 30.6 Å². The Morgan fingerprint density at radius 2 is 1.89 bits per heavy atom. The van der Waals surface area contributed by atoms with Crippen molar-refractivity contribution in [1.82, 2.24) is 0 Å². The Morgan fingerprint density at radius 1 is 1.22 bits per heavy atom. The third-order valence-electron chi connectivity index (χ3n) is 2.81. The molecule has 0 heterocycles. The highest BCUT2D eigenvalue weighted by Crippen LogP contribution is 2.37. The molecule has 0 N–H and O–H groups in total. The molecule has 0 aromatic heterocycles. The third-order valence-corrected chi connectivity index (χ3v) is 2.81. The average Bonchev–Trinajstić information content (AvgIpc) is 2.10. The van der Waals surface area contributed by atoms with Crippen LogP contribution in [0.25, 0.3) is 0 Å². The van der Waals surface area contributed by atoms with Crippen LogP contribution in [-0.4, -0.2) is 0 Å². The van der Waals surface area contributed by atoms with Gasteiger partial charge in [0, 0.05) is 0 Å². The zero-order chi connectivity index (χ0) is 6.85. The molecule has 0 aromatic rings. The lowest BCUT2D eigenvalue weighted by atomic mass is 9.96. The van der Waals surface area contributed by atoms with Crippen molar-refractivity contribution in [3.63, 3.8) is 0 Å². The van der Waals surface area contributed by atoms with Crippen LogP contribution in [-0.2, 0) is 0 Å². The summed E-state index contributed by atoms with van der Waals surface area (Å²) in [6.45, 7) is 7.10. The van der Waals surface area contributed by atoms with Gasteiger partial charge in [-0.3, -0.25) is 0 Å². The van der Waals surface area contributed by atoms with Gasteiger partial charge in [0.2, 0.25) is 0 Å². The highest BCUT2D eigenvalue weighted by molar-refractivity contribution is 4.77. The lowest BCUT2D eigenvalue weighted by molar-refractivity contribution is 0.406. The molecule has 1 rings (SSSR count). The lowest BCUT2D eigenvalue weighted by Gasteiger charge is -2.10. The summed E-state index contributed by atoms with van der Waals surface area (Å²) in [6, 6.07) is 0. The molecule has 0 aliphatic heterocycles. The molecule has 0 aromatic carbocycles. The van der Waals surface area contributed by atoms with Crippen molar-refractivity contribution in [1.29, 1.82) is 0 Å². The first-order chi connectivity index (χ1) is 4.24. The van der Waals surface area contributed by atoms with Crippen molar-refractivity contribution < 1.29 is 0 Å². The van der Waals surface area contributed by atoms with Gasteiger partial charge in [-0.1, -0.05) is 27.2 Å².